The number of hydrogen-bond acceptors (Lipinski definition) is 3. The molecule has 2 fully saturated rings. The minimum Gasteiger partial charge on any atom is -0.378 e. The molecule has 0 spiro atoms. The summed E-state index contributed by atoms with van der Waals surface area (Å²) in [5.74, 6) is 6.65. The molecule has 1 saturated heterocycles. The van der Waals surface area contributed by atoms with E-state index in [1.165, 1.54) is 70.6 Å². The van der Waals surface area contributed by atoms with Crippen LogP contribution in [0.2, 0.25) is 0 Å². The molecule has 0 aromatic heterocycles. The Morgan fingerprint density at radius 1 is 1.00 bits per heavy atom. The van der Waals surface area contributed by atoms with E-state index in [9.17, 15) is 0 Å². The smallest absolute Gasteiger partial charge is 0.0576 e. The lowest BCUT2D eigenvalue weighted by Gasteiger charge is -2.24. The predicted molar refractivity (Wildman–Crippen MR) is 75.1 cm³/mol. The van der Waals surface area contributed by atoms with Crippen LogP contribution in [-0.4, -0.2) is 18.8 Å². The maximum absolute atomic E-state index is 5.68. The van der Waals surface area contributed by atoms with Crippen LogP contribution < -0.4 is 11.3 Å². The van der Waals surface area contributed by atoms with Gasteiger partial charge in [-0.15, -0.1) is 0 Å². The molecule has 0 aromatic rings. The van der Waals surface area contributed by atoms with Crippen LogP contribution in [0.15, 0.2) is 0 Å². The average molecular weight is 254 g/mol. The highest BCUT2D eigenvalue weighted by molar-refractivity contribution is 4.73. The first-order valence-corrected chi connectivity index (χ1v) is 7.96. The third-order valence-corrected chi connectivity index (χ3v) is 4.74. The topological polar surface area (TPSA) is 47.3 Å². The van der Waals surface area contributed by atoms with Crippen LogP contribution in [0.4, 0.5) is 0 Å². The summed E-state index contributed by atoms with van der Waals surface area (Å²) in [5, 5.41) is 0. The molecule has 106 valence electrons. The summed E-state index contributed by atoms with van der Waals surface area (Å²) >= 11 is 0. The highest BCUT2D eigenvalue weighted by Crippen LogP contribution is 2.28. The van der Waals surface area contributed by atoms with Crippen LogP contribution in [0.5, 0.6) is 0 Å². The van der Waals surface area contributed by atoms with Crippen molar-refractivity contribution in [3.05, 3.63) is 0 Å². The van der Waals surface area contributed by atoms with Gasteiger partial charge in [0.15, 0.2) is 0 Å². The van der Waals surface area contributed by atoms with E-state index in [1.807, 2.05) is 0 Å². The number of hydrazine groups is 1. The van der Waals surface area contributed by atoms with E-state index >= 15 is 0 Å². The van der Waals surface area contributed by atoms with Gasteiger partial charge in [0.2, 0.25) is 0 Å². The Kier molecular flexibility index (Phi) is 6.46. The van der Waals surface area contributed by atoms with Gasteiger partial charge in [0.05, 0.1) is 6.10 Å². The number of ether oxygens (including phenoxy) is 1. The summed E-state index contributed by atoms with van der Waals surface area (Å²) in [7, 11) is 0. The summed E-state index contributed by atoms with van der Waals surface area (Å²) in [6.07, 6.45) is 15.2. The summed E-state index contributed by atoms with van der Waals surface area (Å²) in [5.41, 5.74) is 3.01. The number of rotatable bonds is 7. The van der Waals surface area contributed by atoms with Crippen LogP contribution in [-0.2, 0) is 4.74 Å². The largest absolute Gasteiger partial charge is 0.378 e. The fraction of sp³-hybridized carbons (Fsp3) is 1.00. The zero-order valence-corrected chi connectivity index (χ0v) is 11.7. The van der Waals surface area contributed by atoms with Gasteiger partial charge in [-0.25, -0.2) is 0 Å². The Morgan fingerprint density at radius 3 is 2.44 bits per heavy atom. The molecule has 3 N–H and O–H groups in total. The minimum absolute atomic E-state index is 0.496. The van der Waals surface area contributed by atoms with Crippen LogP contribution >= 0.6 is 0 Å². The second-order valence-corrected chi connectivity index (χ2v) is 6.16. The van der Waals surface area contributed by atoms with Crippen molar-refractivity contribution in [2.24, 2.45) is 11.8 Å². The first-order chi connectivity index (χ1) is 8.88. The van der Waals surface area contributed by atoms with Gasteiger partial charge in [-0.05, 0) is 44.4 Å². The maximum atomic E-state index is 5.68. The Morgan fingerprint density at radius 2 is 1.78 bits per heavy atom. The van der Waals surface area contributed by atoms with Crippen LogP contribution in [0.25, 0.3) is 0 Å². The Balaban J connectivity index is 1.58. The van der Waals surface area contributed by atoms with Gasteiger partial charge in [-0.2, -0.15) is 0 Å². The van der Waals surface area contributed by atoms with Crippen molar-refractivity contribution in [3.63, 3.8) is 0 Å². The van der Waals surface area contributed by atoms with Crippen molar-refractivity contribution in [1.29, 1.82) is 0 Å². The standard InChI is InChI=1S/C15H30N2O/c16-17-14(10-11-15-7-4-12-18-15)9-8-13-5-2-1-3-6-13/h13-15,17H,1-12,16H2. The van der Waals surface area contributed by atoms with Gasteiger partial charge >= 0.3 is 0 Å². The molecule has 18 heavy (non-hydrogen) atoms. The Labute approximate surface area is 112 Å². The van der Waals surface area contributed by atoms with E-state index in [-0.39, 0.29) is 0 Å². The third-order valence-electron chi connectivity index (χ3n) is 4.74. The molecule has 2 rings (SSSR count). The lowest BCUT2D eigenvalue weighted by atomic mass is 9.85. The van der Waals surface area contributed by atoms with Gasteiger partial charge in [0.25, 0.3) is 0 Å². The van der Waals surface area contributed by atoms with E-state index in [0.29, 0.717) is 12.1 Å². The van der Waals surface area contributed by atoms with Crippen LogP contribution in [0.1, 0.15) is 70.6 Å². The number of nitrogens with two attached hydrogens (primary N) is 1. The molecule has 1 aliphatic heterocycles. The molecule has 1 saturated carbocycles. The van der Waals surface area contributed by atoms with Crippen molar-refractivity contribution in [3.8, 4) is 0 Å². The molecular weight excluding hydrogens is 224 g/mol. The second-order valence-electron chi connectivity index (χ2n) is 6.16. The second kappa shape index (κ2) is 8.13. The zero-order chi connectivity index (χ0) is 12.6. The first-order valence-electron chi connectivity index (χ1n) is 7.96. The summed E-state index contributed by atoms with van der Waals surface area (Å²) in [6.45, 7) is 0.966. The molecule has 0 aromatic carbocycles. The molecule has 0 bridgehead atoms. The molecule has 3 heteroatoms. The fourth-order valence-corrected chi connectivity index (χ4v) is 3.48. The number of hydrogen-bond donors (Lipinski definition) is 2. The molecule has 1 aliphatic carbocycles. The predicted octanol–water partition coefficient (Wildman–Crippen LogP) is 3.14. The first kappa shape index (κ1) is 14.3. The van der Waals surface area contributed by atoms with E-state index in [0.717, 1.165) is 12.5 Å². The Bertz CT molecular complexity index is 211. The van der Waals surface area contributed by atoms with Gasteiger partial charge in [0, 0.05) is 12.6 Å². The van der Waals surface area contributed by atoms with E-state index < -0.39 is 0 Å². The number of nitrogens with one attached hydrogen (secondary N) is 1. The van der Waals surface area contributed by atoms with Crippen LogP contribution in [0, 0.1) is 5.92 Å². The monoisotopic (exact) mass is 254 g/mol. The molecule has 0 amide bonds. The molecule has 2 atom stereocenters. The summed E-state index contributed by atoms with van der Waals surface area (Å²) < 4.78 is 5.67. The van der Waals surface area contributed by atoms with E-state index in [2.05, 4.69) is 5.43 Å². The molecule has 2 unspecified atom stereocenters. The van der Waals surface area contributed by atoms with E-state index in [1.54, 1.807) is 0 Å². The van der Waals surface area contributed by atoms with Crippen molar-refractivity contribution in [2.75, 3.05) is 6.61 Å². The quantitative estimate of drug-likeness (QED) is 0.542. The lowest BCUT2D eigenvalue weighted by Crippen LogP contribution is -2.36. The highest BCUT2D eigenvalue weighted by Gasteiger charge is 2.19. The molecule has 3 nitrogen and oxygen atoms in total. The van der Waals surface area contributed by atoms with Gasteiger partial charge in [-0.1, -0.05) is 32.1 Å². The zero-order valence-electron chi connectivity index (χ0n) is 11.7. The van der Waals surface area contributed by atoms with E-state index in [4.69, 9.17) is 10.6 Å². The molecule has 2 aliphatic rings. The molecule has 1 heterocycles. The summed E-state index contributed by atoms with van der Waals surface area (Å²) in [4.78, 5) is 0. The third kappa shape index (κ3) is 4.87. The highest BCUT2D eigenvalue weighted by atomic mass is 16.5. The van der Waals surface area contributed by atoms with Gasteiger partial charge in [-0.3, -0.25) is 11.3 Å². The lowest BCUT2D eigenvalue weighted by molar-refractivity contribution is 0.0989. The Hall–Kier alpha value is -0.120. The summed E-state index contributed by atoms with van der Waals surface area (Å²) in [6, 6.07) is 0.496. The SMILES string of the molecule is NNC(CCC1CCCCC1)CCC1CCCO1. The average Bonchev–Trinajstić information content (AvgIpc) is 2.93. The molecule has 0 radical (unpaired) electrons. The fourth-order valence-electron chi connectivity index (χ4n) is 3.48. The minimum atomic E-state index is 0.496. The maximum Gasteiger partial charge on any atom is 0.0576 e. The van der Waals surface area contributed by atoms with Crippen molar-refractivity contribution in [2.45, 2.75) is 82.8 Å². The van der Waals surface area contributed by atoms with Crippen LogP contribution in [0.3, 0.4) is 0 Å². The molecular formula is C15H30N2O. The van der Waals surface area contributed by atoms with Gasteiger partial charge < -0.3 is 4.74 Å². The van der Waals surface area contributed by atoms with Gasteiger partial charge in [0.1, 0.15) is 0 Å². The van der Waals surface area contributed by atoms with Crippen molar-refractivity contribution >= 4 is 0 Å². The van der Waals surface area contributed by atoms with Crippen molar-refractivity contribution < 1.29 is 4.74 Å². The van der Waals surface area contributed by atoms with Crippen molar-refractivity contribution in [1.82, 2.24) is 5.43 Å². The normalized spacial score (nSPS) is 27.5.